The van der Waals surface area contributed by atoms with Crippen LogP contribution in [0, 0.1) is 6.92 Å². The van der Waals surface area contributed by atoms with Crippen LogP contribution in [0.5, 0.6) is 0 Å². The topological polar surface area (TPSA) is 98.7 Å². The highest BCUT2D eigenvalue weighted by Crippen LogP contribution is 2.42. The highest BCUT2D eigenvalue weighted by Gasteiger charge is 2.34. The number of hydrogen-bond acceptors (Lipinski definition) is 6. The zero-order valence-corrected chi connectivity index (χ0v) is 18.4. The molecule has 2 aliphatic carbocycles. The van der Waals surface area contributed by atoms with E-state index in [0.29, 0.717) is 17.3 Å². The molecular weight excluding hydrogens is 416 g/mol. The predicted octanol–water partition coefficient (Wildman–Crippen LogP) is 3.92. The van der Waals surface area contributed by atoms with Crippen LogP contribution in [0.4, 0.5) is 0 Å². The Morgan fingerprint density at radius 2 is 2.03 bits per heavy atom. The zero-order valence-electron chi connectivity index (χ0n) is 18.4. The SMILES string of the molecule is Cc1cc(CNC(=O)c2cnn(-c3ncc4c(n3)-c3ccccc3CCC4)c2C2CC2)on1. The van der Waals surface area contributed by atoms with E-state index in [1.807, 2.05) is 19.2 Å². The normalized spacial score (nSPS) is 14.9. The van der Waals surface area contributed by atoms with E-state index >= 15 is 0 Å². The molecule has 0 aliphatic heterocycles. The molecule has 0 unspecified atom stereocenters. The van der Waals surface area contributed by atoms with Gasteiger partial charge in [-0.15, -0.1) is 0 Å². The van der Waals surface area contributed by atoms with Gasteiger partial charge in [0.15, 0.2) is 5.76 Å². The summed E-state index contributed by atoms with van der Waals surface area (Å²) in [4.78, 5) is 22.6. The predicted molar refractivity (Wildman–Crippen MR) is 121 cm³/mol. The Morgan fingerprint density at radius 1 is 1.18 bits per heavy atom. The molecule has 0 spiro atoms. The standard InChI is InChI=1S/C25H24N6O2/c1-15-11-19(33-30-15)13-26-24(32)21-14-28-31(23(21)17-9-10-17)25-27-12-18-7-4-6-16-5-2-3-8-20(16)22(18)29-25/h2-3,5,8,11-12,14,17H,4,6-7,9-10,13H2,1H3,(H,26,32). The second-order valence-electron chi connectivity index (χ2n) is 8.80. The van der Waals surface area contributed by atoms with Crippen LogP contribution in [0.15, 0.2) is 47.2 Å². The number of carbonyl (C=O) groups excluding carboxylic acids is 1. The minimum atomic E-state index is -0.183. The summed E-state index contributed by atoms with van der Waals surface area (Å²) in [6, 6.07) is 10.2. The zero-order chi connectivity index (χ0) is 22.4. The first-order valence-electron chi connectivity index (χ1n) is 11.4. The maximum atomic E-state index is 13.0. The van der Waals surface area contributed by atoms with Gasteiger partial charge < -0.3 is 9.84 Å². The number of carbonyl (C=O) groups is 1. The minimum Gasteiger partial charge on any atom is -0.359 e. The van der Waals surface area contributed by atoms with Crippen LogP contribution in [-0.2, 0) is 19.4 Å². The highest BCUT2D eigenvalue weighted by atomic mass is 16.5. The van der Waals surface area contributed by atoms with Crippen LogP contribution in [0.2, 0.25) is 0 Å². The number of amides is 1. The van der Waals surface area contributed by atoms with E-state index in [1.165, 1.54) is 5.56 Å². The molecule has 3 aromatic heterocycles. The van der Waals surface area contributed by atoms with Gasteiger partial charge >= 0.3 is 0 Å². The van der Waals surface area contributed by atoms with E-state index in [-0.39, 0.29) is 18.4 Å². The van der Waals surface area contributed by atoms with Crippen LogP contribution < -0.4 is 5.32 Å². The van der Waals surface area contributed by atoms with Gasteiger partial charge in [-0.25, -0.2) is 14.6 Å². The number of hydrogen-bond donors (Lipinski definition) is 1. The quantitative estimate of drug-likeness (QED) is 0.505. The van der Waals surface area contributed by atoms with Gasteiger partial charge in [-0.05, 0) is 50.2 Å². The molecule has 1 aromatic carbocycles. The van der Waals surface area contributed by atoms with Crippen molar-refractivity contribution in [3.63, 3.8) is 0 Å². The molecule has 4 aromatic rings. The van der Waals surface area contributed by atoms with Gasteiger partial charge in [0.2, 0.25) is 0 Å². The van der Waals surface area contributed by atoms with Gasteiger partial charge in [0.05, 0.1) is 35.4 Å². The molecule has 0 radical (unpaired) electrons. The second-order valence-corrected chi connectivity index (χ2v) is 8.80. The molecule has 6 rings (SSSR count). The monoisotopic (exact) mass is 440 g/mol. The van der Waals surface area contributed by atoms with Crippen molar-refractivity contribution in [2.24, 2.45) is 0 Å². The Bertz CT molecular complexity index is 1350. The molecule has 8 nitrogen and oxygen atoms in total. The summed E-state index contributed by atoms with van der Waals surface area (Å²) in [5, 5.41) is 11.3. The molecule has 0 saturated heterocycles. The molecule has 0 bridgehead atoms. The van der Waals surface area contributed by atoms with Crippen LogP contribution in [0.25, 0.3) is 17.2 Å². The van der Waals surface area contributed by atoms with E-state index in [1.54, 1.807) is 10.9 Å². The number of aryl methyl sites for hydroxylation is 3. The van der Waals surface area contributed by atoms with Crippen LogP contribution >= 0.6 is 0 Å². The smallest absolute Gasteiger partial charge is 0.255 e. The fourth-order valence-corrected chi connectivity index (χ4v) is 4.56. The second kappa shape index (κ2) is 7.95. The Morgan fingerprint density at radius 3 is 2.85 bits per heavy atom. The summed E-state index contributed by atoms with van der Waals surface area (Å²) in [6.45, 7) is 2.13. The Labute approximate surface area is 191 Å². The van der Waals surface area contributed by atoms with Gasteiger partial charge in [-0.1, -0.05) is 29.4 Å². The lowest BCUT2D eigenvalue weighted by molar-refractivity contribution is 0.0946. The number of aromatic nitrogens is 5. The van der Waals surface area contributed by atoms with E-state index in [9.17, 15) is 4.79 Å². The lowest BCUT2D eigenvalue weighted by atomic mass is 10.0. The third-order valence-electron chi connectivity index (χ3n) is 6.32. The fraction of sp³-hybridized carbons (Fsp3) is 0.320. The maximum absolute atomic E-state index is 13.0. The van der Waals surface area contributed by atoms with Crippen molar-refractivity contribution in [2.75, 3.05) is 0 Å². The summed E-state index contributed by atoms with van der Waals surface area (Å²) in [7, 11) is 0. The largest absolute Gasteiger partial charge is 0.359 e. The fourth-order valence-electron chi connectivity index (χ4n) is 4.56. The number of nitrogens with one attached hydrogen (secondary N) is 1. The summed E-state index contributed by atoms with van der Waals surface area (Å²) in [5.41, 5.74) is 6.82. The summed E-state index contributed by atoms with van der Waals surface area (Å²) < 4.78 is 6.95. The average molecular weight is 441 g/mol. The molecule has 3 heterocycles. The third kappa shape index (κ3) is 3.71. The van der Waals surface area contributed by atoms with E-state index in [0.717, 1.165) is 60.3 Å². The van der Waals surface area contributed by atoms with E-state index < -0.39 is 0 Å². The lowest BCUT2D eigenvalue weighted by Gasteiger charge is -2.12. The Hall–Kier alpha value is -3.81. The van der Waals surface area contributed by atoms with Gasteiger partial charge in [0, 0.05) is 23.7 Å². The molecule has 1 amide bonds. The average Bonchev–Trinajstić information content (AvgIpc) is 3.49. The van der Waals surface area contributed by atoms with Gasteiger partial charge in [0.25, 0.3) is 11.9 Å². The number of nitrogens with zero attached hydrogens (tertiary/aromatic N) is 5. The van der Waals surface area contributed by atoms with Gasteiger partial charge in [-0.3, -0.25) is 4.79 Å². The molecular formula is C25H24N6O2. The molecule has 8 heteroatoms. The van der Waals surface area contributed by atoms with Crippen LogP contribution in [-0.4, -0.2) is 30.8 Å². The van der Waals surface area contributed by atoms with Crippen molar-refractivity contribution < 1.29 is 9.32 Å². The molecule has 2 aliphatic rings. The molecule has 166 valence electrons. The molecule has 1 fully saturated rings. The van der Waals surface area contributed by atoms with Crippen molar-refractivity contribution in [3.8, 4) is 17.2 Å². The Balaban J connectivity index is 1.35. The lowest BCUT2D eigenvalue weighted by Crippen LogP contribution is -2.23. The van der Waals surface area contributed by atoms with E-state index in [4.69, 9.17) is 9.51 Å². The first kappa shape index (κ1) is 19.8. The summed E-state index contributed by atoms with van der Waals surface area (Å²) in [6.07, 6.45) is 8.67. The summed E-state index contributed by atoms with van der Waals surface area (Å²) >= 11 is 0. The maximum Gasteiger partial charge on any atom is 0.255 e. The van der Waals surface area contributed by atoms with Crippen molar-refractivity contribution >= 4 is 5.91 Å². The van der Waals surface area contributed by atoms with Crippen molar-refractivity contribution in [1.82, 2.24) is 30.2 Å². The van der Waals surface area contributed by atoms with Crippen molar-refractivity contribution in [1.29, 1.82) is 0 Å². The van der Waals surface area contributed by atoms with E-state index in [2.05, 4.69) is 44.8 Å². The van der Waals surface area contributed by atoms with Crippen molar-refractivity contribution in [3.05, 3.63) is 76.6 Å². The number of fused-ring (bicyclic) bond motifs is 3. The minimum absolute atomic E-state index is 0.183. The number of benzene rings is 1. The summed E-state index contributed by atoms with van der Waals surface area (Å²) in [5.74, 6) is 1.24. The van der Waals surface area contributed by atoms with Gasteiger partial charge in [-0.2, -0.15) is 5.10 Å². The third-order valence-corrected chi connectivity index (χ3v) is 6.32. The molecule has 33 heavy (non-hydrogen) atoms. The van der Waals surface area contributed by atoms with Crippen molar-refractivity contribution in [2.45, 2.75) is 51.5 Å². The molecule has 1 saturated carbocycles. The first-order chi connectivity index (χ1) is 16.2. The highest BCUT2D eigenvalue weighted by molar-refractivity contribution is 5.95. The molecule has 0 atom stereocenters. The van der Waals surface area contributed by atoms with Crippen LogP contribution in [0.3, 0.4) is 0 Å². The number of rotatable bonds is 5. The van der Waals surface area contributed by atoms with Gasteiger partial charge in [0.1, 0.15) is 0 Å². The Kier molecular flexibility index (Phi) is 4.78. The first-order valence-corrected chi connectivity index (χ1v) is 11.4. The van der Waals surface area contributed by atoms with Crippen LogP contribution in [0.1, 0.15) is 63.8 Å². The molecule has 1 N–H and O–H groups in total.